The lowest BCUT2D eigenvalue weighted by Crippen LogP contribution is -2.21. The number of phenolic OH excluding ortho intramolecular Hbond substituents is 1. The van der Waals surface area contributed by atoms with E-state index >= 15 is 0 Å². The van der Waals surface area contributed by atoms with Crippen LogP contribution in [0.15, 0.2) is 18.2 Å². The Morgan fingerprint density at radius 2 is 2.00 bits per heavy atom. The molecule has 15 heavy (non-hydrogen) atoms. The molecule has 0 bridgehead atoms. The van der Waals surface area contributed by atoms with Crippen LogP contribution in [0.2, 0.25) is 0 Å². The van der Waals surface area contributed by atoms with Crippen LogP contribution in [0.3, 0.4) is 0 Å². The average molecular weight is 224 g/mol. The maximum Gasteiger partial charge on any atom is 0.127 e. The van der Waals surface area contributed by atoms with Gasteiger partial charge in [0.15, 0.2) is 0 Å². The molecule has 0 fully saturated rings. The van der Waals surface area contributed by atoms with Gasteiger partial charge in [-0.15, -0.1) is 0 Å². The number of hydrogen-bond donors (Lipinski definition) is 2. The topological polar surface area (TPSA) is 49.5 Å². The van der Waals surface area contributed by atoms with Gasteiger partial charge in [0.2, 0.25) is 0 Å². The van der Waals surface area contributed by atoms with Crippen LogP contribution in [0.4, 0.5) is 5.69 Å². The van der Waals surface area contributed by atoms with Crippen molar-refractivity contribution in [3.05, 3.63) is 23.8 Å². The van der Waals surface area contributed by atoms with Crippen molar-refractivity contribution in [2.75, 3.05) is 18.0 Å². The SMILES string of the molecule is CCN(CC)c1ccc(C(N)=S)c(O)c1. The molecule has 0 saturated heterocycles. The Morgan fingerprint density at radius 3 is 2.40 bits per heavy atom. The van der Waals surface area contributed by atoms with E-state index in [-0.39, 0.29) is 10.7 Å². The maximum absolute atomic E-state index is 9.71. The van der Waals surface area contributed by atoms with Gasteiger partial charge in [-0.3, -0.25) is 0 Å². The lowest BCUT2D eigenvalue weighted by molar-refractivity contribution is 0.474. The maximum atomic E-state index is 9.71. The van der Waals surface area contributed by atoms with E-state index in [0.717, 1.165) is 18.8 Å². The summed E-state index contributed by atoms with van der Waals surface area (Å²) in [5.74, 6) is 0.145. The molecule has 0 unspecified atom stereocenters. The van der Waals surface area contributed by atoms with Gasteiger partial charge in [0.05, 0.1) is 5.56 Å². The first-order chi connectivity index (χ1) is 7.10. The molecule has 0 radical (unpaired) electrons. The third-order valence-electron chi connectivity index (χ3n) is 2.38. The fourth-order valence-corrected chi connectivity index (χ4v) is 1.69. The van der Waals surface area contributed by atoms with Crippen LogP contribution in [-0.2, 0) is 0 Å². The minimum absolute atomic E-state index is 0.145. The summed E-state index contributed by atoms with van der Waals surface area (Å²) in [5, 5.41) is 9.71. The minimum atomic E-state index is 0.145. The fraction of sp³-hybridized carbons (Fsp3) is 0.364. The van der Waals surface area contributed by atoms with Crippen LogP contribution in [0, 0.1) is 0 Å². The van der Waals surface area contributed by atoms with E-state index < -0.39 is 0 Å². The van der Waals surface area contributed by atoms with E-state index in [1.54, 1.807) is 12.1 Å². The van der Waals surface area contributed by atoms with Crippen LogP contribution < -0.4 is 10.6 Å². The van der Waals surface area contributed by atoms with Gasteiger partial charge in [-0.05, 0) is 26.0 Å². The first kappa shape index (κ1) is 11.8. The standard InChI is InChI=1S/C11H16N2OS/c1-3-13(4-2)8-5-6-9(11(12)15)10(14)7-8/h5-7,14H,3-4H2,1-2H3,(H2,12,15). The Labute approximate surface area is 95.5 Å². The van der Waals surface area contributed by atoms with Crippen LogP contribution in [0.1, 0.15) is 19.4 Å². The zero-order valence-electron chi connectivity index (χ0n) is 9.03. The number of rotatable bonds is 4. The van der Waals surface area contributed by atoms with E-state index in [1.807, 2.05) is 6.07 Å². The Morgan fingerprint density at radius 1 is 1.40 bits per heavy atom. The highest BCUT2D eigenvalue weighted by atomic mass is 32.1. The Bertz CT molecular complexity index is 362. The number of nitrogens with zero attached hydrogens (tertiary/aromatic N) is 1. The van der Waals surface area contributed by atoms with Crippen molar-refractivity contribution in [1.29, 1.82) is 0 Å². The van der Waals surface area contributed by atoms with Crippen molar-refractivity contribution in [3.8, 4) is 5.75 Å². The summed E-state index contributed by atoms with van der Waals surface area (Å²) in [6, 6.07) is 5.37. The van der Waals surface area contributed by atoms with Gasteiger partial charge >= 0.3 is 0 Å². The quantitative estimate of drug-likeness (QED) is 0.767. The number of nitrogens with two attached hydrogens (primary N) is 1. The molecule has 0 aliphatic rings. The van der Waals surface area contributed by atoms with E-state index in [0.29, 0.717) is 5.56 Å². The van der Waals surface area contributed by atoms with Gasteiger partial charge in [0.1, 0.15) is 10.7 Å². The highest BCUT2D eigenvalue weighted by molar-refractivity contribution is 7.80. The molecule has 1 aromatic rings. The van der Waals surface area contributed by atoms with Crippen molar-refractivity contribution in [2.24, 2.45) is 5.73 Å². The van der Waals surface area contributed by atoms with Gasteiger partial charge in [0.25, 0.3) is 0 Å². The molecule has 0 aliphatic heterocycles. The molecule has 0 heterocycles. The summed E-state index contributed by atoms with van der Waals surface area (Å²) in [6.07, 6.45) is 0. The zero-order chi connectivity index (χ0) is 11.4. The number of anilines is 1. The van der Waals surface area contributed by atoms with Crippen molar-refractivity contribution >= 4 is 22.9 Å². The van der Waals surface area contributed by atoms with E-state index in [2.05, 4.69) is 18.7 Å². The largest absolute Gasteiger partial charge is 0.507 e. The fourth-order valence-electron chi connectivity index (χ4n) is 1.51. The summed E-state index contributed by atoms with van der Waals surface area (Å²) in [7, 11) is 0. The summed E-state index contributed by atoms with van der Waals surface area (Å²) in [6.45, 7) is 5.95. The Kier molecular flexibility index (Phi) is 3.91. The molecule has 0 aliphatic carbocycles. The smallest absolute Gasteiger partial charge is 0.127 e. The number of aromatic hydroxyl groups is 1. The molecule has 0 spiro atoms. The molecule has 4 heteroatoms. The highest BCUT2D eigenvalue weighted by Gasteiger charge is 2.07. The second kappa shape index (κ2) is 4.98. The van der Waals surface area contributed by atoms with Crippen molar-refractivity contribution in [3.63, 3.8) is 0 Å². The Balaban J connectivity index is 3.05. The number of benzene rings is 1. The van der Waals surface area contributed by atoms with E-state index in [4.69, 9.17) is 18.0 Å². The summed E-state index contributed by atoms with van der Waals surface area (Å²) < 4.78 is 0. The first-order valence-corrected chi connectivity index (χ1v) is 5.38. The summed E-state index contributed by atoms with van der Waals surface area (Å²) in [4.78, 5) is 2.36. The second-order valence-electron chi connectivity index (χ2n) is 3.24. The van der Waals surface area contributed by atoms with Crippen molar-refractivity contribution in [2.45, 2.75) is 13.8 Å². The monoisotopic (exact) mass is 224 g/mol. The third-order valence-corrected chi connectivity index (χ3v) is 2.60. The van der Waals surface area contributed by atoms with Gasteiger partial charge in [0, 0.05) is 24.8 Å². The number of hydrogen-bond acceptors (Lipinski definition) is 3. The van der Waals surface area contributed by atoms with E-state index in [9.17, 15) is 5.11 Å². The molecule has 0 atom stereocenters. The molecule has 1 aromatic carbocycles. The van der Waals surface area contributed by atoms with Crippen LogP contribution in [0.5, 0.6) is 5.75 Å². The van der Waals surface area contributed by atoms with Crippen LogP contribution in [0.25, 0.3) is 0 Å². The van der Waals surface area contributed by atoms with E-state index in [1.165, 1.54) is 0 Å². The molecular weight excluding hydrogens is 208 g/mol. The molecule has 0 amide bonds. The van der Waals surface area contributed by atoms with Crippen LogP contribution >= 0.6 is 12.2 Å². The van der Waals surface area contributed by atoms with Crippen molar-refractivity contribution in [1.82, 2.24) is 0 Å². The van der Waals surface area contributed by atoms with Gasteiger partial charge in [-0.25, -0.2) is 0 Å². The van der Waals surface area contributed by atoms with Gasteiger partial charge in [-0.1, -0.05) is 12.2 Å². The van der Waals surface area contributed by atoms with Gasteiger partial charge < -0.3 is 15.7 Å². The number of thiocarbonyl (C=S) groups is 1. The highest BCUT2D eigenvalue weighted by Crippen LogP contribution is 2.24. The lowest BCUT2D eigenvalue weighted by atomic mass is 10.1. The molecule has 3 nitrogen and oxygen atoms in total. The predicted octanol–water partition coefficient (Wildman–Crippen LogP) is 1.87. The molecular formula is C11H16N2OS. The third kappa shape index (κ3) is 2.59. The summed E-state index contributed by atoms with van der Waals surface area (Å²) >= 11 is 4.82. The lowest BCUT2D eigenvalue weighted by Gasteiger charge is -2.21. The molecule has 0 aromatic heterocycles. The first-order valence-electron chi connectivity index (χ1n) is 4.97. The minimum Gasteiger partial charge on any atom is -0.507 e. The Hall–Kier alpha value is -1.29. The van der Waals surface area contributed by atoms with Crippen LogP contribution in [-0.4, -0.2) is 23.2 Å². The summed E-state index contributed by atoms with van der Waals surface area (Å²) in [5.41, 5.74) is 6.98. The molecule has 0 saturated carbocycles. The molecule has 82 valence electrons. The molecule has 3 N–H and O–H groups in total. The average Bonchev–Trinajstić information content (AvgIpc) is 2.19. The van der Waals surface area contributed by atoms with Crippen molar-refractivity contribution < 1.29 is 5.11 Å². The molecule has 1 rings (SSSR count). The zero-order valence-corrected chi connectivity index (χ0v) is 9.84. The second-order valence-corrected chi connectivity index (χ2v) is 3.68. The van der Waals surface area contributed by atoms with Gasteiger partial charge in [-0.2, -0.15) is 0 Å². The number of phenols is 1. The predicted molar refractivity (Wildman–Crippen MR) is 67.6 cm³/mol. The normalized spacial score (nSPS) is 10.0.